The maximum atomic E-state index is 11.5. The van der Waals surface area contributed by atoms with Gasteiger partial charge < -0.3 is 19.6 Å². The number of hydrogen-bond donors (Lipinski definition) is 1. The van der Waals surface area contributed by atoms with E-state index in [0.29, 0.717) is 19.5 Å². The molecular weight excluding hydrogens is 336 g/mol. The molecule has 2 aliphatic heterocycles. The molecule has 1 N–H and O–H groups in total. The third-order valence-corrected chi connectivity index (χ3v) is 4.60. The monoisotopic (exact) mass is 358 g/mol. The number of benzene rings is 1. The lowest BCUT2D eigenvalue weighted by atomic mass is 9.96. The van der Waals surface area contributed by atoms with Crippen LogP contribution in [0.15, 0.2) is 35.5 Å². The third-order valence-electron chi connectivity index (χ3n) is 4.60. The number of nitrogens with zero attached hydrogens (tertiary/aromatic N) is 2. The van der Waals surface area contributed by atoms with Gasteiger partial charge in [-0.15, -0.1) is 0 Å². The minimum Gasteiger partial charge on any atom is -0.453 e. The van der Waals surface area contributed by atoms with Crippen molar-refractivity contribution in [1.82, 2.24) is 4.90 Å². The fraction of sp³-hybridized carbons (Fsp3) is 0.421. The summed E-state index contributed by atoms with van der Waals surface area (Å²) in [6, 6.07) is 8.04. The van der Waals surface area contributed by atoms with E-state index >= 15 is 0 Å². The average molecular weight is 358 g/mol. The number of Topliss-reactive ketones (excluding diaryl/α,β-unsaturated/α-hetero) is 1. The Labute approximate surface area is 151 Å². The van der Waals surface area contributed by atoms with Gasteiger partial charge in [0, 0.05) is 25.9 Å². The van der Waals surface area contributed by atoms with Gasteiger partial charge in [0.05, 0.1) is 12.8 Å². The van der Waals surface area contributed by atoms with E-state index in [1.165, 1.54) is 12.7 Å². The minimum atomic E-state index is -0.466. The van der Waals surface area contributed by atoms with E-state index in [9.17, 15) is 9.59 Å². The molecule has 0 bridgehead atoms. The number of methoxy groups -OCH3 is 1. The topological polar surface area (TPSA) is 88.4 Å². The van der Waals surface area contributed by atoms with Gasteiger partial charge in [-0.25, -0.2) is 4.79 Å². The second-order valence-electron chi connectivity index (χ2n) is 6.34. The first-order valence-electron chi connectivity index (χ1n) is 8.58. The molecule has 0 saturated heterocycles. The van der Waals surface area contributed by atoms with Crippen molar-refractivity contribution < 1.29 is 24.3 Å². The van der Waals surface area contributed by atoms with Crippen LogP contribution in [0.3, 0.4) is 0 Å². The summed E-state index contributed by atoms with van der Waals surface area (Å²) in [4.78, 5) is 29.8. The molecule has 138 valence electrons. The quantitative estimate of drug-likeness (QED) is 0.869. The van der Waals surface area contributed by atoms with Crippen molar-refractivity contribution in [3.8, 4) is 0 Å². The first-order valence-corrected chi connectivity index (χ1v) is 8.58. The van der Waals surface area contributed by atoms with Gasteiger partial charge in [0.25, 0.3) is 0 Å². The molecule has 7 nitrogen and oxygen atoms in total. The second-order valence-corrected chi connectivity index (χ2v) is 6.34. The number of oxime groups is 1. The molecule has 3 rings (SSSR count). The Bertz CT molecular complexity index is 739. The maximum absolute atomic E-state index is 11.5. The van der Waals surface area contributed by atoms with Gasteiger partial charge in [-0.2, -0.15) is 0 Å². The number of aliphatic hydroxyl groups excluding tert-OH is 1. The Morgan fingerprint density at radius 2 is 2.04 bits per heavy atom. The zero-order valence-electron chi connectivity index (χ0n) is 14.7. The van der Waals surface area contributed by atoms with Crippen LogP contribution in [0, 0.1) is 0 Å². The Morgan fingerprint density at radius 1 is 1.31 bits per heavy atom. The highest BCUT2D eigenvalue weighted by molar-refractivity contribution is 6.01. The van der Waals surface area contributed by atoms with Gasteiger partial charge in [-0.1, -0.05) is 35.5 Å². The van der Waals surface area contributed by atoms with E-state index in [1.807, 2.05) is 30.3 Å². The largest absolute Gasteiger partial charge is 0.453 e. The van der Waals surface area contributed by atoms with Crippen molar-refractivity contribution in [2.24, 2.45) is 5.16 Å². The van der Waals surface area contributed by atoms with E-state index in [1.54, 1.807) is 4.90 Å². The fourth-order valence-electron chi connectivity index (χ4n) is 3.13. The molecule has 0 fully saturated rings. The molecular formula is C19H22N2O5. The predicted molar refractivity (Wildman–Crippen MR) is 95.8 cm³/mol. The van der Waals surface area contributed by atoms with Gasteiger partial charge in [0.2, 0.25) is 0 Å². The van der Waals surface area contributed by atoms with Crippen molar-refractivity contribution >= 4 is 23.2 Å². The summed E-state index contributed by atoms with van der Waals surface area (Å²) in [6.45, 7) is 0.721. The highest BCUT2D eigenvalue weighted by Crippen LogP contribution is 2.25. The normalized spacial score (nSPS) is 19.5. The minimum absolute atomic E-state index is 0.172. The highest BCUT2D eigenvalue weighted by Gasteiger charge is 2.24. The van der Waals surface area contributed by atoms with Gasteiger partial charge in [-0.05, 0) is 23.1 Å². The SMILES string of the molecule is COC(=O)N1CC=C(c2ccc(C3=NOC(CC(=O)CO)C3)cc2)CC1. The lowest BCUT2D eigenvalue weighted by Gasteiger charge is -2.25. The second kappa shape index (κ2) is 8.14. The van der Waals surface area contributed by atoms with Crippen molar-refractivity contribution in [3.05, 3.63) is 41.5 Å². The van der Waals surface area contributed by atoms with Crippen molar-refractivity contribution in [2.75, 3.05) is 26.8 Å². The summed E-state index contributed by atoms with van der Waals surface area (Å²) in [5, 5.41) is 12.9. The number of hydrogen-bond acceptors (Lipinski definition) is 6. The number of carbonyl (C=O) groups excluding carboxylic acids is 2. The highest BCUT2D eigenvalue weighted by atomic mass is 16.6. The molecule has 0 saturated carbocycles. The summed E-state index contributed by atoms with van der Waals surface area (Å²) in [5.41, 5.74) is 4.08. The van der Waals surface area contributed by atoms with Crippen LogP contribution in [0.2, 0.25) is 0 Å². The number of ether oxygens (including phenoxy) is 1. The lowest BCUT2D eigenvalue weighted by Crippen LogP contribution is -2.34. The van der Waals surface area contributed by atoms with Crippen LogP contribution < -0.4 is 0 Å². The maximum Gasteiger partial charge on any atom is 0.409 e. The molecule has 1 amide bonds. The molecule has 0 aliphatic carbocycles. The van der Waals surface area contributed by atoms with Crippen LogP contribution >= 0.6 is 0 Å². The Hall–Kier alpha value is -2.67. The standard InChI is InChI=1S/C19H22N2O5/c1-25-19(24)21-8-6-14(7-9-21)13-2-4-15(5-3-13)18-11-17(26-20-18)10-16(23)12-22/h2-6,17,22H,7-12H2,1H3. The summed E-state index contributed by atoms with van der Waals surface area (Å²) < 4.78 is 4.74. The Balaban J connectivity index is 1.60. The molecule has 26 heavy (non-hydrogen) atoms. The molecule has 1 aromatic carbocycles. The average Bonchev–Trinajstić information content (AvgIpc) is 3.16. The smallest absolute Gasteiger partial charge is 0.409 e. The van der Waals surface area contributed by atoms with Gasteiger partial charge in [-0.3, -0.25) is 4.79 Å². The van der Waals surface area contributed by atoms with E-state index in [-0.39, 0.29) is 24.4 Å². The Kier molecular flexibility index (Phi) is 5.68. The molecule has 2 heterocycles. The van der Waals surface area contributed by atoms with E-state index in [4.69, 9.17) is 14.7 Å². The first kappa shape index (κ1) is 18.1. The third kappa shape index (κ3) is 4.11. The fourth-order valence-corrected chi connectivity index (χ4v) is 3.13. The van der Waals surface area contributed by atoms with Crippen LogP contribution in [0.25, 0.3) is 5.57 Å². The molecule has 2 aliphatic rings. The van der Waals surface area contributed by atoms with E-state index in [0.717, 1.165) is 23.3 Å². The molecule has 0 aromatic heterocycles. The zero-order chi connectivity index (χ0) is 18.5. The van der Waals surface area contributed by atoms with Gasteiger partial charge >= 0.3 is 6.09 Å². The summed E-state index contributed by atoms with van der Waals surface area (Å²) in [7, 11) is 1.39. The summed E-state index contributed by atoms with van der Waals surface area (Å²) in [6.07, 6.45) is 2.96. The number of rotatable bonds is 5. The predicted octanol–water partition coefficient (Wildman–Crippen LogP) is 1.99. The molecule has 7 heteroatoms. The number of carbonyl (C=O) groups is 2. The number of aliphatic hydroxyl groups is 1. The van der Waals surface area contributed by atoms with Crippen LogP contribution in [0.5, 0.6) is 0 Å². The first-order chi connectivity index (χ1) is 12.6. The van der Waals surface area contributed by atoms with E-state index in [2.05, 4.69) is 5.16 Å². The Morgan fingerprint density at radius 3 is 2.65 bits per heavy atom. The van der Waals surface area contributed by atoms with Crippen LogP contribution in [0.4, 0.5) is 4.79 Å². The molecule has 1 atom stereocenters. The van der Waals surface area contributed by atoms with Crippen LogP contribution in [-0.4, -0.2) is 60.5 Å². The van der Waals surface area contributed by atoms with Gasteiger partial charge in [0.1, 0.15) is 12.7 Å². The van der Waals surface area contributed by atoms with Crippen molar-refractivity contribution in [1.29, 1.82) is 0 Å². The number of ketones is 1. The molecule has 1 aromatic rings. The molecule has 1 unspecified atom stereocenters. The number of amides is 1. The zero-order valence-corrected chi connectivity index (χ0v) is 14.7. The summed E-state index contributed by atoms with van der Waals surface area (Å²) in [5.74, 6) is -0.243. The van der Waals surface area contributed by atoms with Crippen LogP contribution in [-0.2, 0) is 14.4 Å². The van der Waals surface area contributed by atoms with Gasteiger partial charge in [0.15, 0.2) is 5.78 Å². The van der Waals surface area contributed by atoms with E-state index < -0.39 is 6.61 Å². The lowest BCUT2D eigenvalue weighted by molar-refractivity contribution is -0.124. The summed E-state index contributed by atoms with van der Waals surface area (Å²) >= 11 is 0. The van der Waals surface area contributed by atoms with Crippen molar-refractivity contribution in [2.45, 2.75) is 25.4 Å². The van der Waals surface area contributed by atoms with Crippen LogP contribution in [0.1, 0.15) is 30.4 Å². The van der Waals surface area contributed by atoms with Crippen molar-refractivity contribution in [3.63, 3.8) is 0 Å². The molecule has 0 radical (unpaired) electrons. The molecule has 0 spiro atoms.